The third kappa shape index (κ3) is 3.78. The summed E-state index contributed by atoms with van der Waals surface area (Å²) in [5.74, 6) is 1.58. The molecule has 1 unspecified atom stereocenters. The number of carbonyl (C=O) groups excluding carboxylic acids is 1. The topological polar surface area (TPSA) is 37.6 Å². The Bertz CT molecular complexity index is 870. The number of piperidine rings is 1. The van der Waals surface area contributed by atoms with Gasteiger partial charge in [-0.25, -0.2) is 4.98 Å². The molecule has 1 amide bonds. The molecule has 1 atom stereocenters. The Morgan fingerprint density at radius 2 is 2.08 bits per heavy atom. The first kappa shape index (κ1) is 17.2. The van der Waals surface area contributed by atoms with E-state index in [1.807, 2.05) is 58.0 Å². The fraction of sp³-hybridized carbons (Fsp3) is 0.333. The van der Waals surface area contributed by atoms with Crippen molar-refractivity contribution in [2.75, 3.05) is 13.1 Å². The van der Waals surface area contributed by atoms with E-state index >= 15 is 0 Å². The molecule has 0 saturated carbocycles. The number of pyridine rings is 1. The van der Waals surface area contributed by atoms with Gasteiger partial charge in [0.1, 0.15) is 5.65 Å². The van der Waals surface area contributed by atoms with Crippen LogP contribution in [0.2, 0.25) is 0 Å². The molecular formula is C21H23N3OS. The number of likely N-dealkylation sites (tertiary alicyclic amines) is 1. The van der Waals surface area contributed by atoms with E-state index in [4.69, 9.17) is 0 Å². The van der Waals surface area contributed by atoms with E-state index < -0.39 is 0 Å². The van der Waals surface area contributed by atoms with Crippen LogP contribution in [0.5, 0.6) is 0 Å². The number of amides is 1. The highest BCUT2D eigenvalue weighted by Crippen LogP contribution is 2.24. The van der Waals surface area contributed by atoms with Crippen LogP contribution in [-0.2, 0) is 5.75 Å². The number of hydrogen-bond donors (Lipinski definition) is 0. The van der Waals surface area contributed by atoms with Crippen molar-refractivity contribution in [2.45, 2.75) is 30.4 Å². The van der Waals surface area contributed by atoms with E-state index in [1.54, 1.807) is 11.8 Å². The predicted molar refractivity (Wildman–Crippen MR) is 105 cm³/mol. The summed E-state index contributed by atoms with van der Waals surface area (Å²) in [5, 5.41) is 0. The average Bonchev–Trinajstić information content (AvgIpc) is 3.09. The van der Waals surface area contributed by atoms with Gasteiger partial charge >= 0.3 is 0 Å². The van der Waals surface area contributed by atoms with Crippen molar-refractivity contribution in [3.05, 3.63) is 66.1 Å². The normalized spacial score (nSPS) is 17.6. The zero-order valence-electron chi connectivity index (χ0n) is 15.0. The van der Waals surface area contributed by atoms with Gasteiger partial charge in [0.25, 0.3) is 5.91 Å². The molecular weight excluding hydrogens is 342 g/mol. The van der Waals surface area contributed by atoms with Crippen molar-refractivity contribution in [1.82, 2.24) is 14.3 Å². The van der Waals surface area contributed by atoms with Gasteiger partial charge in [0.2, 0.25) is 0 Å². The maximum Gasteiger partial charge on any atom is 0.253 e. The van der Waals surface area contributed by atoms with Gasteiger partial charge in [-0.3, -0.25) is 4.79 Å². The van der Waals surface area contributed by atoms with Crippen LogP contribution >= 0.6 is 11.8 Å². The second-order valence-corrected chi connectivity index (χ2v) is 8.06. The molecule has 4 nitrogen and oxygen atoms in total. The molecule has 134 valence electrons. The van der Waals surface area contributed by atoms with Crippen LogP contribution < -0.4 is 0 Å². The summed E-state index contributed by atoms with van der Waals surface area (Å²) in [6, 6.07) is 14.0. The lowest BCUT2D eigenvalue weighted by molar-refractivity contribution is 0.0683. The molecule has 3 aromatic rings. The van der Waals surface area contributed by atoms with Crippen LogP contribution in [0, 0.1) is 5.92 Å². The molecule has 26 heavy (non-hydrogen) atoms. The lowest BCUT2D eigenvalue weighted by Crippen LogP contribution is -2.39. The molecule has 0 radical (unpaired) electrons. The van der Waals surface area contributed by atoms with Crippen LogP contribution in [0.4, 0.5) is 0 Å². The number of thioether (sulfide) groups is 1. The fourth-order valence-corrected chi connectivity index (χ4v) is 4.25. The molecule has 4 rings (SSSR count). The van der Waals surface area contributed by atoms with Crippen LogP contribution in [0.15, 0.2) is 59.8 Å². The van der Waals surface area contributed by atoms with E-state index in [0.29, 0.717) is 5.92 Å². The SMILES string of the molecule is CC1CCCN(C(=O)c2ccc(SCc3cn4ccccc4n3)cc2)C1. The molecule has 1 aromatic carbocycles. The minimum Gasteiger partial charge on any atom is -0.338 e. The molecule has 5 heteroatoms. The summed E-state index contributed by atoms with van der Waals surface area (Å²) in [6.45, 7) is 3.98. The van der Waals surface area contributed by atoms with E-state index in [0.717, 1.165) is 47.1 Å². The zero-order chi connectivity index (χ0) is 17.9. The molecule has 1 saturated heterocycles. The van der Waals surface area contributed by atoms with Crippen molar-refractivity contribution in [3.63, 3.8) is 0 Å². The van der Waals surface area contributed by atoms with Crippen LogP contribution in [0.3, 0.4) is 0 Å². The van der Waals surface area contributed by atoms with Crippen molar-refractivity contribution >= 4 is 23.3 Å². The Labute approximate surface area is 158 Å². The van der Waals surface area contributed by atoms with E-state index in [9.17, 15) is 4.79 Å². The summed E-state index contributed by atoms with van der Waals surface area (Å²) >= 11 is 1.74. The second-order valence-electron chi connectivity index (χ2n) is 7.01. The Morgan fingerprint density at radius 1 is 1.23 bits per heavy atom. The van der Waals surface area contributed by atoms with Gasteiger partial charge in [-0.2, -0.15) is 0 Å². The number of nitrogens with zero attached hydrogens (tertiary/aromatic N) is 3. The van der Waals surface area contributed by atoms with Crippen LogP contribution in [0.25, 0.3) is 5.65 Å². The molecule has 0 bridgehead atoms. The highest BCUT2D eigenvalue weighted by Gasteiger charge is 2.21. The summed E-state index contributed by atoms with van der Waals surface area (Å²) < 4.78 is 2.04. The van der Waals surface area contributed by atoms with Crippen LogP contribution in [0.1, 0.15) is 35.8 Å². The molecule has 2 aromatic heterocycles. The van der Waals surface area contributed by atoms with Crippen molar-refractivity contribution in [1.29, 1.82) is 0 Å². The molecule has 1 aliphatic heterocycles. The Balaban J connectivity index is 1.38. The fourth-order valence-electron chi connectivity index (χ4n) is 3.46. The van der Waals surface area contributed by atoms with E-state index in [2.05, 4.69) is 18.1 Å². The Hall–Kier alpha value is -2.27. The highest BCUT2D eigenvalue weighted by molar-refractivity contribution is 7.98. The first-order valence-corrected chi connectivity index (χ1v) is 10.1. The molecule has 1 aliphatic rings. The Morgan fingerprint density at radius 3 is 2.85 bits per heavy atom. The number of carbonyl (C=O) groups is 1. The van der Waals surface area contributed by atoms with Gasteiger partial charge in [-0.15, -0.1) is 11.8 Å². The third-order valence-electron chi connectivity index (χ3n) is 4.85. The summed E-state index contributed by atoms with van der Waals surface area (Å²) in [4.78, 5) is 20.4. The van der Waals surface area contributed by atoms with Crippen molar-refractivity contribution in [2.24, 2.45) is 5.92 Å². The average molecular weight is 366 g/mol. The van der Waals surface area contributed by atoms with E-state index in [-0.39, 0.29) is 5.91 Å². The first-order chi connectivity index (χ1) is 12.7. The maximum absolute atomic E-state index is 12.6. The zero-order valence-corrected chi connectivity index (χ0v) is 15.8. The van der Waals surface area contributed by atoms with Gasteiger partial charge in [0.05, 0.1) is 5.69 Å². The summed E-state index contributed by atoms with van der Waals surface area (Å²) in [6.07, 6.45) is 6.42. The van der Waals surface area contributed by atoms with Gasteiger partial charge < -0.3 is 9.30 Å². The quantitative estimate of drug-likeness (QED) is 0.639. The van der Waals surface area contributed by atoms with Gasteiger partial charge in [0.15, 0.2) is 0 Å². The van der Waals surface area contributed by atoms with Gasteiger partial charge in [0, 0.05) is 41.7 Å². The predicted octanol–water partition coefficient (Wildman–Crippen LogP) is 4.50. The number of benzene rings is 1. The minimum atomic E-state index is 0.161. The monoisotopic (exact) mass is 365 g/mol. The number of rotatable bonds is 4. The molecule has 0 N–H and O–H groups in total. The summed E-state index contributed by atoms with van der Waals surface area (Å²) in [5.41, 5.74) is 2.82. The maximum atomic E-state index is 12.6. The second kappa shape index (κ2) is 7.54. The number of fused-ring (bicyclic) bond motifs is 1. The highest BCUT2D eigenvalue weighted by atomic mass is 32.2. The van der Waals surface area contributed by atoms with E-state index in [1.165, 1.54) is 6.42 Å². The standard InChI is InChI=1S/C21H23N3OS/c1-16-5-4-12-24(13-16)21(25)17-7-9-19(10-8-17)26-15-18-14-23-11-3-2-6-20(23)22-18/h2-3,6-11,14,16H,4-5,12-13,15H2,1H3. The lowest BCUT2D eigenvalue weighted by atomic mass is 9.99. The largest absolute Gasteiger partial charge is 0.338 e. The minimum absolute atomic E-state index is 0.161. The molecule has 0 aliphatic carbocycles. The third-order valence-corrected chi connectivity index (χ3v) is 5.89. The van der Waals surface area contributed by atoms with Crippen molar-refractivity contribution in [3.8, 4) is 0 Å². The molecule has 1 fully saturated rings. The summed E-state index contributed by atoms with van der Waals surface area (Å²) in [7, 11) is 0. The smallest absolute Gasteiger partial charge is 0.253 e. The van der Waals surface area contributed by atoms with Gasteiger partial charge in [-0.05, 0) is 55.2 Å². The number of imidazole rings is 1. The lowest BCUT2D eigenvalue weighted by Gasteiger charge is -2.31. The first-order valence-electron chi connectivity index (χ1n) is 9.14. The number of hydrogen-bond acceptors (Lipinski definition) is 3. The Kier molecular flexibility index (Phi) is 4.98. The molecule has 3 heterocycles. The number of aromatic nitrogens is 2. The van der Waals surface area contributed by atoms with Crippen LogP contribution in [-0.4, -0.2) is 33.3 Å². The van der Waals surface area contributed by atoms with Crippen molar-refractivity contribution < 1.29 is 4.79 Å². The van der Waals surface area contributed by atoms with Gasteiger partial charge in [-0.1, -0.05) is 13.0 Å². The molecule has 0 spiro atoms.